The van der Waals surface area contributed by atoms with E-state index < -0.39 is 0 Å². The third-order valence-corrected chi connectivity index (χ3v) is 2.90. The molecule has 2 aromatic rings. The van der Waals surface area contributed by atoms with Gasteiger partial charge in [0.15, 0.2) is 0 Å². The maximum atomic E-state index is 5.82. The van der Waals surface area contributed by atoms with E-state index >= 15 is 0 Å². The average Bonchev–Trinajstić information content (AvgIpc) is 2.52. The minimum Gasteiger partial charge on any atom is -0.263 e. The topological polar surface area (TPSA) is 12.9 Å². The van der Waals surface area contributed by atoms with Gasteiger partial charge in [-0.15, -0.1) is 11.3 Å². The summed E-state index contributed by atoms with van der Waals surface area (Å²) < 4.78 is 0.773. The highest BCUT2D eigenvalue weighted by Crippen LogP contribution is 2.29. The number of aromatic nitrogens is 1. The van der Waals surface area contributed by atoms with E-state index in [1.807, 2.05) is 17.5 Å². The molecular weight excluding hydrogens is 225 g/mol. The molecule has 2 rings (SSSR count). The highest BCUT2D eigenvalue weighted by Gasteiger charge is 2.01. The number of halogens is 2. The first kappa shape index (κ1) is 9.00. The zero-order valence-electron chi connectivity index (χ0n) is 6.50. The molecule has 4 heteroatoms. The van der Waals surface area contributed by atoms with Gasteiger partial charge in [0.2, 0.25) is 0 Å². The summed E-state index contributed by atoms with van der Waals surface area (Å²) in [6.45, 7) is 0. The molecule has 0 aromatic carbocycles. The van der Waals surface area contributed by atoms with Crippen LogP contribution in [0.25, 0.3) is 11.1 Å². The van der Waals surface area contributed by atoms with E-state index in [2.05, 4.69) is 4.98 Å². The molecular formula is C9H5Cl2NS. The van der Waals surface area contributed by atoms with Gasteiger partial charge in [-0.1, -0.05) is 23.2 Å². The van der Waals surface area contributed by atoms with Crippen LogP contribution in [0.2, 0.25) is 9.36 Å². The van der Waals surface area contributed by atoms with Crippen LogP contribution in [0.5, 0.6) is 0 Å². The summed E-state index contributed by atoms with van der Waals surface area (Å²) in [5.74, 6) is 0. The Hall–Kier alpha value is -0.570. The van der Waals surface area contributed by atoms with Gasteiger partial charge in [-0.05, 0) is 17.7 Å². The van der Waals surface area contributed by atoms with Crippen LogP contribution in [-0.4, -0.2) is 4.98 Å². The molecule has 0 N–H and O–H groups in total. The third kappa shape index (κ3) is 2.02. The standard InChI is InChI=1S/C9H5Cl2NS/c10-8-1-6(3-12-4-8)7-2-9(11)13-5-7/h1-5H. The predicted molar refractivity (Wildman–Crippen MR) is 57.6 cm³/mol. The van der Waals surface area contributed by atoms with Crippen molar-refractivity contribution >= 4 is 34.5 Å². The van der Waals surface area contributed by atoms with Crippen molar-refractivity contribution in [3.05, 3.63) is 39.3 Å². The zero-order valence-corrected chi connectivity index (χ0v) is 8.83. The van der Waals surface area contributed by atoms with E-state index in [0.717, 1.165) is 15.5 Å². The van der Waals surface area contributed by atoms with Crippen molar-refractivity contribution in [1.29, 1.82) is 0 Å². The van der Waals surface area contributed by atoms with Gasteiger partial charge < -0.3 is 0 Å². The molecule has 2 aromatic heterocycles. The maximum absolute atomic E-state index is 5.82. The van der Waals surface area contributed by atoms with Crippen LogP contribution in [0.4, 0.5) is 0 Å². The smallest absolute Gasteiger partial charge is 0.0934 e. The summed E-state index contributed by atoms with van der Waals surface area (Å²) in [5.41, 5.74) is 2.06. The molecule has 0 aliphatic carbocycles. The Morgan fingerprint density at radius 1 is 1.08 bits per heavy atom. The first-order valence-electron chi connectivity index (χ1n) is 3.60. The normalized spacial score (nSPS) is 10.3. The van der Waals surface area contributed by atoms with Crippen molar-refractivity contribution in [2.75, 3.05) is 0 Å². The number of thiophene rings is 1. The van der Waals surface area contributed by atoms with Gasteiger partial charge in [-0.3, -0.25) is 4.98 Å². The first-order chi connectivity index (χ1) is 6.25. The Labute approximate surface area is 90.0 Å². The monoisotopic (exact) mass is 229 g/mol. The summed E-state index contributed by atoms with van der Waals surface area (Å²) in [6, 6.07) is 3.77. The van der Waals surface area contributed by atoms with Crippen LogP contribution < -0.4 is 0 Å². The fourth-order valence-electron chi connectivity index (χ4n) is 1.03. The SMILES string of the molecule is Clc1cncc(-c2csc(Cl)c2)c1. The van der Waals surface area contributed by atoms with E-state index in [-0.39, 0.29) is 0 Å². The Balaban J connectivity index is 2.46. The highest BCUT2D eigenvalue weighted by atomic mass is 35.5. The molecule has 0 atom stereocenters. The second-order valence-corrected chi connectivity index (χ2v) is 4.51. The molecule has 0 aliphatic rings. The van der Waals surface area contributed by atoms with E-state index in [4.69, 9.17) is 23.2 Å². The lowest BCUT2D eigenvalue weighted by atomic mass is 10.2. The third-order valence-electron chi connectivity index (χ3n) is 1.61. The second kappa shape index (κ2) is 3.66. The number of hydrogen-bond donors (Lipinski definition) is 0. The van der Waals surface area contributed by atoms with E-state index in [9.17, 15) is 0 Å². The summed E-state index contributed by atoms with van der Waals surface area (Å²) in [7, 11) is 0. The van der Waals surface area contributed by atoms with Crippen molar-refractivity contribution in [3.8, 4) is 11.1 Å². The molecule has 13 heavy (non-hydrogen) atoms. The van der Waals surface area contributed by atoms with Crippen molar-refractivity contribution < 1.29 is 0 Å². The summed E-state index contributed by atoms with van der Waals surface area (Å²) in [6.07, 6.45) is 3.38. The van der Waals surface area contributed by atoms with Crippen LogP contribution in [-0.2, 0) is 0 Å². The average molecular weight is 230 g/mol. The largest absolute Gasteiger partial charge is 0.263 e. The van der Waals surface area contributed by atoms with Crippen LogP contribution in [0.15, 0.2) is 29.9 Å². The van der Waals surface area contributed by atoms with E-state index in [1.54, 1.807) is 12.4 Å². The van der Waals surface area contributed by atoms with Crippen LogP contribution >= 0.6 is 34.5 Å². The van der Waals surface area contributed by atoms with E-state index in [1.165, 1.54) is 11.3 Å². The Morgan fingerprint density at radius 3 is 2.54 bits per heavy atom. The summed E-state index contributed by atoms with van der Waals surface area (Å²) >= 11 is 13.1. The zero-order chi connectivity index (χ0) is 9.26. The number of hydrogen-bond acceptors (Lipinski definition) is 2. The molecule has 0 bridgehead atoms. The minimum absolute atomic E-state index is 0.639. The molecule has 0 aliphatic heterocycles. The lowest BCUT2D eigenvalue weighted by Crippen LogP contribution is -1.76. The molecule has 0 saturated heterocycles. The molecule has 0 fully saturated rings. The van der Waals surface area contributed by atoms with Crippen molar-refractivity contribution in [3.63, 3.8) is 0 Å². The molecule has 0 amide bonds. The number of nitrogens with zero attached hydrogens (tertiary/aromatic N) is 1. The van der Waals surface area contributed by atoms with Gasteiger partial charge >= 0.3 is 0 Å². The van der Waals surface area contributed by atoms with Crippen molar-refractivity contribution in [1.82, 2.24) is 4.98 Å². The second-order valence-electron chi connectivity index (χ2n) is 2.53. The van der Waals surface area contributed by atoms with Gasteiger partial charge in [0, 0.05) is 23.3 Å². The van der Waals surface area contributed by atoms with Gasteiger partial charge in [0.05, 0.1) is 9.36 Å². The minimum atomic E-state index is 0.639. The summed E-state index contributed by atoms with van der Waals surface area (Å²) in [5, 5.41) is 2.62. The predicted octanol–water partition coefficient (Wildman–Crippen LogP) is 4.12. The molecule has 0 unspecified atom stereocenters. The molecule has 0 radical (unpaired) electrons. The van der Waals surface area contributed by atoms with Gasteiger partial charge in [-0.25, -0.2) is 0 Å². The Kier molecular flexibility index (Phi) is 2.54. The van der Waals surface area contributed by atoms with E-state index in [0.29, 0.717) is 5.02 Å². The van der Waals surface area contributed by atoms with Gasteiger partial charge in [0.1, 0.15) is 0 Å². The fourth-order valence-corrected chi connectivity index (χ4v) is 2.09. The first-order valence-corrected chi connectivity index (χ1v) is 5.24. The van der Waals surface area contributed by atoms with Crippen LogP contribution in [0, 0.1) is 0 Å². The Bertz CT molecular complexity index is 425. The number of pyridine rings is 1. The fraction of sp³-hybridized carbons (Fsp3) is 0. The van der Waals surface area contributed by atoms with Crippen LogP contribution in [0.3, 0.4) is 0 Å². The molecule has 0 spiro atoms. The molecule has 2 heterocycles. The van der Waals surface area contributed by atoms with Crippen molar-refractivity contribution in [2.24, 2.45) is 0 Å². The van der Waals surface area contributed by atoms with Gasteiger partial charge in [0.25, 0.3) is 0 Å². The van der Waals surface area contributed by atoms with Crippen molar-refractivity contribution in [2.45, 2.75) is 0 Å². The molecule has 0 saturated carbocycles. The highest BCUT2D eigenvalue weighted by molar-refractivity contribution is 7.14. The van der Waals surface area contributed by atoms with Crippen LogP contribution in [0.1, 0.15) is 0 Å². The Morgan fingerprint density at radius 2 is 1.92 bits per heavy atom. The lowest BCUT2D eigenvalue weighted by Gasteiger charge is -1.95. The van der Waals surface area contributed by atoms with Gasteiger partial charge in [-0.2, -0.15) is 0 Å². The summed E-state index contributed by atoms with van der Waals surface area (Å²) in [4.78, 5) is 4.00. The molecule has 1 nitrogen and oxygen atoms in total. The number of rotatable bonds is 1. The lowest BCUT2D eigenvalue weighted by molar-refractivity contribution is 1.33. The molecule has 66 valence electrons. The maximum Gasteiger partial charge on any atom is 0.0934 e. The quantitative estimate of drug-likeness (QED) is 0.718.